The van der Waals surface area contributed by atoms with E-state index in [1.54, 1.807) is 0 Å². The van der Waals surface area contributed by atoms with Gasteiger partial charge in [-0.15, -0.1) is 0 Å². The van der Waals surface area contributed by atoms with Crippen LogP contribution in [0.4, 0.5) is 0 Å². The summed E-state index contributed by atoms with van der Waals surface area (Å²) in [6.45, 7) is 4.98. The van der Waals surface area contributed by atoms with Crippen molar-refractivity contribution in [1.29, 1.82) is 0 Å². The van der Waals surface area contributed by atoms with Gasteiger partial charge in [-0.2, -0.15) is 0 Å². The molecule has 0 bridgehead atoms. The van der Waals surface area contributed by atoms with Crippen LogP contribution in [0.25, 0.3) is 0 Å². The van der Waals surface area contributed by atoms with Crippen molar-refractivity contribution in [3.05, 3.63) is 12.2 Å². The van der Waals surface area contributed by atoms with E-state index in [2.05, 4.69) is 31.3 Å². The molecule has 0 saturated heterocycles. The molecule has 0 saturated carbocycles. The fourth-order valence-electron chi connectivity index (χ4n) is 11.1. The smallest absolute Gasteiger partial charge is 0.305 e. The Morgan fingerprint density at radius 2 is 0.627 bits per heavy atom. The molecule has 0 aliphatic carbocycles. The SMILES string of the molecule is CCCCCCCC/C=C\CCCCCCCC(=O)OCCCCCCCCCCCCCCCCCCCCCC(=O)NC(CO)C(O)CCCCCCCCCCCCCCCCCCCCCCCCCC. The third-order valence-corrected chi connectivity index (χ3v) is 16.3. The van der Waals surface area contributed by atoms with Crippen molar-refractivity contribution in [2.75, 3.05) is 13.2 Å². The quantitative estimate of drug-likeness (QED) is 0.0320. The molecule has 446 valence electrons. The molecule has 0 aromatic rings. The first-order chi connectivity index (χ1) is 37.0. The van der Waals surface area contributed by atoms with Crippen LogP contribution in [0.5, 0.6) is 0 Å². The van der Waals surface area contributed by atoms with Crippen molar-refractivity contribution in [3.63, 3.8) is 0 Å². The standard InChI is InChI=1S/C69H135NO5/c1-3-5-7-9-11-13-15-17-19-20-21-22-23-24-25-27-30-34-37-41-45-49-53-57-61-67(72)66(65-71)70-68(73)62-58-54-50-46-42-38-35-31-28-26-29-32-36-40-44-48-52-56-60-64-75-69(74)63-59-55-51-47-43-39-33-18-16-14-12-10-8-6-4-2/h18,33,66-67,71-72H,3-17,19-32,34-65H2,1-2H3,(H,70,73)/b33-18-. The van der Waals surface area contributed by atoms with Crippen LogP contribution in [0, 0.1) is 0 Å². The summed E-state index contributed by atoms with van der Waals surface area (Å²) in [5.74, 6) is -0.0304. The molecule has 0 radical (unpaired) electrons. The van der Waals surface area contributed by atoms with Gasteiger partial charge in [-0.3, -0.25) is 9.59 Å². The zero-order chi connectivity index (χ0) is 54.3. The molecule has 0 aromatic heterocycles. The maximum Gasteiger partial charge on any atom is 0.305 e. The Bertz CT molecular complexity index is 1130. The molecule has 6 heteroatoms. The molecule has 1 amide bonds. The highest BCUT2D eigenvalue weighted by molar-refractivity contribution is 5.76. The van der Waals surface area contributed by atoms with Crippen LogP contribution in [-0.4, -0.2) is 47.4 Å². The van der Waals surface area contributed by atoms with Crippen molar-refractivity contribution in [1.82, 2.24) is 5.32 Å². The van der Waals surface area contributed by atoms with Gasteiger partial charge in [0.05, 0.1) is 25.4 Å². The predicted molar refractivity (Wildman–Crippen MR) is 329 cm³/mol. The molecule has 0 rings (SSSR count). The number of nitrogens with one attached hydrogen (secondary N) is 1. The number of hydrogen-bond donors (Lipinski definition) is 3. The molecule has 0 aromatic carbocycles. The third-order valence-electron chi connectivity index (χ3n) is 16.3. The maximum atomic E-state index is 12.5. The molecule has 0 aliphatic heterocycles. The van der Waals surface area contributed by atoms with Crippen molar-refractivity contribution in [3.8, 4) is 0 Å². The first-order valence-electron chi connectivity index (χ1n) is 34.4. The summed E-state index contributed by atoms with van der Waals surface area (Å²) in [6.07, 6.45) is 79.6. The van der Waals surface area contributed by atoms with E-state index in [1.165, 1.54) is 315 Å². The highest BCUT2D eigenvalue weighted by Crippen LogP contribution is 2.19. The van der Waals surface area contributed by atoms with Crippen molar-refractivity contribution in [2.45, 2.75) is 405 Å². The number of aliphatic hydroxyl groups is 2. The number of esters is 1. The van der Waals surface area contributed by atoms with Crippen LogP contribution in [0.3, 0.4) is 0 Å². The minimum absolute atomic E-state index is 0.00252. The molecule has 2 unspecified atom stereocenters. The van der Waals surface area contributed by atoms with Crippen LogP contribution in [-0.2, 0) is 14.3 Å². The van der Waals surface area contributed by atoms with Crippen molar-refractivity contribution < 1.29 is 24.5 Å². The monoisotopic (exact) mass is 1060 g/mol. The second-order valence-electron chi connectivity index (χ2n) is 23.9. The summed E-state index contributed by atoms with van der Waals surface area (Å²) in [7, 11) is 0. The zero-order valence-electron chi connectivity index (χ0n) is 51.1. The summed E-state index contributed by atoms with van der Waals surface area (Å²) in [5.41, 5.74) is 0. The number of amides is 1. The normalized spacial score (nSPS) is 12.5. The van der Waals surface area contributed by atoms with Crippen molar-refractivity contribution in [2.24, 2.45) is 0 Å². The minimum Gasteiger partial charge on any atom is -0.466 e. The van der Waals surface area contributed by atoms with Crippen molar-refractivity contribution >= 4 is 11.9 Å². The van der Waals surface area contributed by atoms with Gasteiger partial charge in [0.2, 0.25) is 5.91 Å². The molecule has 6 nitrogen and oxygen atoms in total. The fraction of sp³-hybridized carbons (Fsp3) is 0.942. The average Bonchev–Trinajstić information content (AvgIpc) is 3.41. The van der Waals surface area contributed by atoms with Gasteiger partial charge in [-0.05, 0) is 51.4 Å². The van der Waals surface area contributed by atoms with Gasteiger partial charge in [0.1, 0.15) is 0 Å². The Morgan fingerprint density at radius 3 is 0.947 bits per heavy atom. The highest BCUT2D eigenvalue weighted by atomic mass is 16.5. The summed E-state index contributed by atoms with van der Waals surface area (Å²) < 4.78 is 5.49. The molecule has 2 atom stereocenters. The van der Waals surface area contributed by atoms with E-state index in [0.717, 1.165) is 44.9 Å². The van der Waals surface area contributed by atoms with Gasteiger partial charge in [0.15, 0.2) is 0 Å². The van der Waals surface area contributed by atoms with E-state index >= 15 is 0 Å². The highest BCUT2D eigenvalue weighted by Gasteiger charge is 2.20. The number of carbonyl (C=O) groups is 2. The van der Waals surface area contributed by atoms with E-state index in [4.69, 9.17) is 4.74 Å². The molecule has 0 fully saturated rings. The zero-order valence-corrected chi connectivity index (χ0v) is 51.1. The largest absolute Gasteiger partial charge is 0.466 e. The number of allylic oxidation sites excluding steroid dienone is 2. The molecule has 0 heterocycles. The number of hydrogen-bond acceptors (Lipinski definition) is 5. The first-order valence-corrected chi connectivity index (χ1v) is 34.4. The van der Waals surface area contributed by atoms with Crippen LogP contribution >= 0.6 is 0 Å². The fourth-order valence-corrected chi connectivity index (χ4v) is 11.1. The molecular formula is C69H135NO5. The lowest BCUT2D eigenvalue weighted by Crippen LogP contribution is -2.45. The van der Waals surface area contributed by atoms with Gasteiger partial charge in [0, 0.05) is 12.8 Å². The second-order valence-corrected chi connectivity index (χ2v) is 23.9. The van der Waals surface area contributed by atoms with Crippen LogP contribution < -0.4 is 5.32 Å². The lowest BCUT2D eigenvalue weighted by Gasteiger charge is -2.22. The number of carbonyl (C=O) groups excluding carboxylic acids is 2. The van der Waals surface area contributed by atoms with E-state index < -0.39 is 12.1 Å². The Balaban J connectivity index is 3.39. The number of rotatable bonds is 65. The maximum absolute atomic E-state index is 12.5. The summed E-state index contributed by atoms with van der Waals surface area (Å²) in [5, 5.41) is 23.4. The summed E-state index contributed by atoms with van der Waals surface area (Å²) in [6, 6.07) is -0.545. The predicted octanol–water partition coefficient (Wildman–Crippen LogP) is 22.0. The van der Waals surface area contributed by atoms with Gasteiger partial charge >= 0.3 is 5.97 Å². The number of ether oxygens (including phenoxy) is 1. The summed E-state index contributed by atoms with van der Waals surface area (Å²) >= 11 is 0. The lowest BCUT2D eigenvalue weighted by atomic mass is 10.0. The molecule has 75 heavy (non-hydrogen) atoms. The van der Waals surface area contributed by atoms with Gasteiger partial charge in [0.25, 0.3) is 0 Å². The second kappa shape index (κ2) is 65.1. The van der Waals surface area contributed by atoms with Crippen LogP contribution in [0.1, 0.15) is 393 Å². The Labute approximate surface area is 469 Å². The molecule has 0 aliphatic rings. The Kier molecular flexibility index (Phi) is 63.9. The average molecular weight is 1060 g/mol. The minimum atomic E-state index is -0.667. The molecule has 0 spiro atoms. The molecule has 3 N–H and O–H groups in total. The van der Waals surface area contributed by atoms with E-state index in [9.17, 15) is 19.8 Å². The third kappa shape index (κ3) is 61.7. The number of unbranched alkanes of at least 4 members (excludes halogenated alkanes) is 52. The van der Waals surface area contributed by atoms with Crippen LogP contribution in [0.15, 0.2) is 12.2 Å². The number of aliphatic hydroxyl groups excluding tert-OH is 2. The Hall–Kier alpha value is -1.40. The van der Waals surface area contributed by atoms with E-state index in [-0.39, 0.29) is 18.5 Å². The topological polar surface area (TPSA) is 95.9 Å². The first kappa shape index (κ1) is 73.6. The van der Waals surface area contributed by atoms with Gasteiger partial charge in [-0.25, -0.2) is 0 Å². The van der Waals surface area contributed by atoms with Gasteiger partial charge in [-0.1, -0.05) is 341 Å². The molecular weight excluding hydrogens is 923 g/mol. The van der Waals surface area contributed by atoms with Crippen LogP contribution in [0.2, 0.25) is 0 Å². The summed E-state index contributed by atoms with van der Waals surface area (Å²) in [4.78, 5) is 24.6. The van der Waals surface area contributed by atoms with E-state index in [1.807, 2.05) is 0 Å². The Morgan fingerprint density at radius 1 is 0.360 bits per heavy atom. The van der Waals surface area contributed by atoms with Gasteiger partial charge < -0.3 is 20.3 Å². The van der Waals surface area contributed by atoms with E-state index in [0.29, 0.717) is 25.9 Å². The lowest BCUT2D eigenvalue weighted by molar-refractivity contribution is -0.143.